The number of hydrogen-bond acceptors (Lipinski definition) is 4. The number of amides is 1. The molecule has 0 aromatic heterocycles. The van der Waals surface area contributed by atoms with Crippen molar-refractivity contribution in [1.29, 1.82) is 0 Å². The van der Waals surface area contributed by atoms with Crippen molar-refractivity contribution in [1.82, 2.24) is 10.2 Å². The average Bonchev–Trinajstić information content (AvgIpc) is 2.97. The van der Waals surface area contributed by atoms with Crippen molar-refractivity contribution < 1.29 is 9.90 Å². The van der Waals surface area contributed by atoms with Crippen LogP contribution in [0.3, 0.4) is 0 Å². The second-order valence-electron chi connectivity index (χ2n) is 5.34. The van der Waals surface area contributed by atoms with Gasteiger partial charge in [0.2, 0.25) is 5.91 Å². The van der Waals surface area contributed by atoms with Crippen LogP contribution in [0.1, 0.15) is 32.6 Å². The Morgan fingerprint density at radius 3 is 2.74 bits per heavy atom. The lowest BCUT2D eigenvalue weighted by atomic mass is 10.1. The Kier molecular flexibility index (Phi) is 6.94. The van der Waals surface area contributed by atoms with Crippen molar-refractivity contribution >= 4 is 30.1 Å². The van der Waals surface area contributed by atoms with E-state index < -0.39 is 0 Å². The number of β-amino-alcohol motifs (C(OH)–C–C–N with tert-alkyl or cyclic N) is 1. The predicted octanol–water partition coefficient (Wildman–Crippen LogP) is 1.26. The molecule has 1 aliphatic carbocycles. The summed E-state index contributed by atoms with van der Waals surface area (Å²) >= 11 is 2.01. The molecule has 0 aromatic carbocycles. The van der Waals surface area contributed by atoms with Crippen LogP contribution in [-0.4, -0.2) is 58.7 Å². The monoisotopic (exact) mass is 308 g/mol. The Morgan fingerprint density at radius 1 is 1.42 bits per heavy atom. The number of hydrogen-bond donors (Lipinski definition) is 2. The van der Waals surface area contributed by atoms with Gasteiger partial charge in [-0.25, -0.2) is 0 Å². The SMILES string of the molecule is CCSC1CCC(N(C)C(=O)C2CC(O)CN2)C1.Cl. The van der Waals surface area contributed by atoms with Crippen LogP contribution in [0.2, 0.25) is 0 Å². The van der Waals surface area contributed by atoms with Gasteiger partial charge in [-0.2, -0.15) is 11.8 Å². The maximum atomic E-state index is 12.3. The van der Waals surface area contributed by atoms with Crippen LogP contribution in [0.15, 0.2) is 0 Å². The molecule has 4 nitrogen and oxygen atoms in total. The predicted molar refractivity (Wildman–Crippen MR) is 82.0 cm³/mol. The second-order valence-corrected chi connectivity index (χ2v) is 6.92. The zero-order valence-corrected chi connectivity index (χ0v) is 13.3. The van der Waals surface area contributed by atoms with Crippen molar-refractivity contribution in [2.24, 2.45) is 0 Å². The van der Waals surface area contributed by atoms with Gasteiger partial charge in [0.1, 0.15) is 0 Å². The first-order chi connectivity index (χ1) is 8.61. The molecular formula is C13H25ClN2O2S. The van der Waals surface area contributed by atoms with Crippen molar-refractivity contribution in [3.05, 3.63) is 0 Å². The minimum Gasteiger partial charge on any atom is -0.392 e. The molecule has 0 spiro atoms. The molecule has 1 heterocycles. The summed E-state index contributed by atoms with van der Waals surface area (Å²) in [5.41, 5.74) is 0. The average molecular weight is 309 g/mol. The Balaban J connectivity index is 0.00000180. The zero-order chi connectivity index (χ0) is 13.1. The minimum absolute atomic E-state index is 0. The first-order valence-corrected chi connectivity index (χ1v) is 7.96. The van der Waals surface area contributed by atoms with Gasteiger partial charge in [0.25, 0.3) is 0 Å². The fourth-order valence-electron chi connectivity index (χ4n) is 2.99. The number of carbonyl (C=O) groups is 1. The molecular weight excluding hydrogens is 284 g/mol. The third kappa shape index (κ3) is 4.25. The van der Waals surface area contributed by atoms with Gasteiger partial charge in [0.15, 0.2) is 0 Å². The molecule has 4 unspecified atom stereocenters. The molecule has 112 valence electrons. The zero-order valence-electron chi connectivity index (χ0n) is 11.7. The van der Waals surface area contributed by atoms with E-state index in [0.717, 1.165) is 23.8 Å². The van der Waals surface area contributed by atoms with E-state index in [1.165, 1.54) is 6.42 Å². The molecule has 2 fully saturated rings. The van der Waals surface area contributed by atoms with Crippen LogP contribution in [0.4, 0.5) is 0 Å². The summed E-state index contributed by atoms with van der Waals surface area (Å²) in [5, 5.41) is 13.3. The van der Waals surface area contributed by atoms with E-state index in [0.29, 0.717) is 19.0 Å². The first kappa shape index (κ1) is 17.1. The van der Waals surface area contributed by atoms with Crippen LogP contribution in [-0.2, 0) is 4.79 Å². The topological polar surface area (TPSA) is 52.6 Å². The highest BCUT2D eigenvalue weighted by molar-refractivity contribution is 7.99. The molecule has 0 aromatic rings. The Bertz CT molecular complexity index is 306. The van der Waals surface area contributed by atoms with E-state index in [-0.39, 0.29) is 30.5 Å². The van der Waals surface area contributed by atoms with Crippen LogP contribution in [0.5, 0.6) is 0 Å². The summed E-state index contributed by atoms with van der Waals surface area (Å²) in [6.07, 6.45) is 3.66. The summed E-state index contributed by atoms with van der Waals surface area (Å²) in [4.78, 5) is 14.2. The minimum atomic E-state index is -0.362. The molecule has 1 aliphatic heterocycles. The van der Waals surface area contributed by atoms with Gasteiger partial charge in [-0.1, -0.05) is 6.92 Å². The maximum absolute atomic E-state index is 12.3. The third-order valence-corrected chi connectivity index (χ3v) is 5.29. The van der Waals surface area contributed by atoms with Crippen molar-refractivity contribution in [2.75, 3.05) is 19.3 Å². The van der Waals surface area contributed by atoms with Crippen molar-refractivity contribution in [2.45, 2.75) is 56.0 Å². The Hall–Kier alpha value is 0.0300. The molecule has 0 bridgehead atoms. The van der Waals surface area contributed by atoms with Gasteiger partial charge in [-0.05, 0) is 31.4 Å². The van der Waals surface area contributed by atoms with Gasteiger partial charge in [0.05, 0.1) is 12.1 Å². The normalized spacial score (nSPS) is 34.1. The quantitative estimate of drug-likeness (QED) is 0.821. The van der Waals surface area contributed by atoms with Gasteiger partial charge < -0.3 is 15.3 Å². The van der Waals surface area contributed by atoms with Crippen molar-refractivity contribution in [3.63, 3.8) is 0 Å². The lowest BCUT2D eigenvalue weighted by molar-refractivity contribution is -0.133. The number of nitrogens with zero attached hydrogens (tertiary/aromatic N) is 1. The highest BCUT2D eigenvalue weighted by Gasteiger charge is 2.35. The molecule has 1 amide bonds. The van der Waals surface area contributed by atoms with Crippen LogP contribution < -0.4 is 5.32 Å². The second kappa shape index (κ2) is 7.72. The molecule has 2 aliphatic rings. The molecule has 1 saturated heterocycles. The fourth-order valence-corrected chi connectivity index (χ4v) is 4.12. The summed E-state index contributed by atoms with van der Waals surface area (Å²) in [6, 6.07) is 0.212. The van der Waals surface area contributed by atoms with E-state index in [4.69, 9.17) is 0 Å². The number of aliphatic hydroxyl groups excluding tert-OH is 1. The van der Waals surface area contributed by atoms with Gasteiger partial charge >= 0.3 is 0 Å². The van der Waals surface area contributed by atoms with E-state index in [1.54, 1.807) is 0 Å². The standard InChI is InChI=1S/C13H24N2O2S.ClH/c1-3-18-11-5-4-9(6-11)15(2)13(17)12-7-10(16)8-14-12;/h9-12,14,16H,3-8H2,1-2H3;1H. The summed E-state index contributed by atoms with van der Waals surface area (Å²) < 4.78 is 0. The van der Waals surface area contributed by atoms with E-state index in [9.17, 15) is 9.90 Å². The van der Waals surface area contributed by atoms with Gasteiger partial charge in [0, 0.05) is 24.9 Å². The van der Waals surface area contributed by atoms with E-state index in [2.05, 4.69) is 12.2 Å². The lowest BCUT2D eigenvalue weighted by Crippen LogP contribution is -2.45. The molecule has 4 atom stereocenters. The highest BCUT2D eigenvalue weighted by Crippen LogP contribution is 2.32. The van der Waals surface area contributed by atoms with Crippen LogP contribution >= 0.6 is 24.2 Å². The fraction of sp³-hybridized carbons (Fsp3) is 0.923. The third-order valence-electron chi connectivity index (χ3n) is 4.06. The van der Waals surface area contributed by atoms with Crippen molar-refractivity contribution in [3.8, 4) is 0 Å². The molecule has 19 heavy (non-hydrogen) atoms. The molecule has 6 heteroatoms. The van der Waals surface area contributed by atoms with Gasteiger partial charge in [-0.3, -0.25) is 4.79 Å². The largest absolute Gasteiger partial charge is 0.392 e. The summed E-state index contributed by atoms with van der Waals surface area (Å²) in [7, 11) is 1.92. The van der Waals surface area contributed by atoms with E-state index >= 15 is 0 Å². The number of rotatable bonds is 4. The number of halogens is 1. The van der Waals surface area contributed by atoms with E-state index in [1.807, 2.05) is 23.7 Å². The maximum Gasteiger partial charge on any atom is 0.239 e. The Morgan fingerprint density at radius 2 is 2.16 bits per heavy atom. The lowest BCUT2D eigenvalue weighted by Gasteiger charge is -2.27. The number of nitrogens with one attached hydrogen (secondary N) is 1. The molecule has 2 N–H and O–H groups in total. The number of carbonyl (C=O) groups excluding carboxylic acids is 1. The summed E-state index contributed by atoms with van der Waals surface area (Å²) in [6.45, 7) is 2.74. The number of thioether (sulfide) groups is 1. The molecule has 2 rings (SSSR count). The molecule has 1 saturated carbocycles. The smallest absolute Gasteiger partial charge is 0.239 e. The van der Waals surface area contributed by atoms with Crippen LogP contribution in [0.25, 0.3) is 0 Å². The molecule has 0 radical (unpaired) electrons. The summed E-state index contributed by atoms with van der Waals surface area (Å²) in [5.74, 6) is 1.31. The number of aliphatic hydroxyl groups is 1. The Labute approximate surface area is 126 Å². The first-order valence-electron chi connectivity index (χ1n) is 6.91. The van der Waals surface area contributed by atoms with Gasteiger partial charge in [-0.15, -0.1) is 12.4 Å². The number of likely N-dealkylation sites (N-methyl/N-ethyl adjacent to an activating group) is 1. The van der Waals surface area contributed by atoms with Crippen LogP contribution in [0, 0.1) is 0 Å². The highest BCUT2D eigenvalue weighted by atomic mass is 35.5.